The summed E-state index contributed by atoms with van der Waals surface area (Å²) in [4.78, 5) is 24.2. The Morgan fingerprint density at radius 2 is 1.67 bits per heavy atom. The van der Waals surface area contributed by atoms with Gasteiger partial charge in [0.05, 0.1) is 18.8 Å². The number of esters is 1. The molecule has 1 aliphatic heterocycles. The number of carbonyl (C=O) groups is 2. The Morgan fingerprint density at radius 3 is 2.21 bits per heavy atom. The van der Waals surface area contributed by atoms with Gasteiger partial charge in [0.1, 0.15) is 11.5 Å². The van der Waals surface area contributed by atoms with E-state index in [1.54, 1.807) is 36.4 Å². The zero-order valence-electron chi connectivity index (χ0n) is 18.4. The van der Waals surface area contributed by atoms with E-state index in [4.69, 9.17) is 32.7 Å². The number of methoxy groups -OCH3 is 1. The molecule has 2 unspecified atom stereocenters. The van der Waals surface area contributed by atoms with Crippen LogP contribution in [-0.4, -0.2) is 36.7 Å². The maximum Gasteiger partial charge on any atom is 0.337 e. The van der Waals surface area contributed by atoms with E-state index in [0.717, 1.165) is 24.8 Å². The van der Waals surface area contributed by atoms with Crippen LogP contribution in [0.3, 0.4) is 0 Å². The molecule has 8 heteroatoms. The lowest BCUT2D eigenvalue weighted by atomic mass is 9.70. The van der Waals surface area contributed by atoms with Crippen molar-refractivity contribution >= 4 is 35.1 Å². The minimum absolute atomic E-state index is 0.0317. The van der Waals surface area contributed by atoms with Crippen molar-refractivity contribution in [3.63, 3.8) is 0 Å². The highest BCUT2D eigenvalue weighted by atomic mass is 35.5. The van der Waals surface area contributed by atoms with Crippen LogP contribution in [0.25, 0.3) is 0 Å². The second-order valence-electron chi connectivity index (χ2n) is 8.70. The van der Waals surface area contributed by atoms with Crippen molar-refractivity contribution in [2.75, 3.05) is 13.7 Å². The first kappa shape index (κ1) is 23.9. The van der Waals surface area contributed by atoms with Crippen molar-refractivity contribution in [3.05, 3.63) is 57.6 Å². The topological polar surface area (TPSA) is 84.9 Å². The van der Waals surface area contributed by atoms with Gasteiger partial charge in [0.25, 0.3) is 0 Å². The molecule has 2 aliphatic rings. The molecule has 4 rings (SSSR count). The Morgan fingerprint density at radius 1 is 1.03 bits per heavy atom. The van der Waals surface area contributed by atoms with Crippen molar-refractivity contribution < 1.29 is 24.2 Å². The molecule has 1 saturated heterocycles. The number of halogens is 2. The van der Waals surface area contributed by atoms with Gasteiger partial charge in [-0.15, -0.1) is 0 Å². The average molecular weight is 492 g/mol. The summed E-state index contributed by atoms with van der Waals surface area (Å²) in [7, 11) is 1.33. The minimum atomic E-state index is -0.422. The van der Waals surface area contributed by atoms with Crippen LogP contribution in [0, 0.1) is 11.8 Å². The van der Waals surface area contributed by atoms with Crippen LogP contribution in [0.4, 0.5) is 0 Å². The lowest BCUT2D eigenvalue weighted by Gasteiger charge is -2.36. The first-order valence-corrected chi connectivity index (χ1v) is 11.9. The molecule has 176 valence electrons. The second-order valence-corrected chi connectivity index (χ2v) is 9.51. The normalized spacial score (nSPS) is 23.6. The highest BCUT2D eigenvalue weighted by Crippen LogP contribution is 2.48. The number of hydrogen-bond acceptors (Lipinski definition) is 5. The van der Waals surface area contributed by atoms with Crippen LogP contribution < -0.4 is 10.1 Å². The summed E-state index contributed by atoms with van der Waals surface area (Å²) < 4.78 is 10.6. The molecule has 2 aromatic carbocycles. The van der Waals surface area contributed by atoms with Gasteiger partial charge in [0.15, 0.2) is 0 Å². The molecule has 6 nitrogen and oxygen atoms in total. The molecule has 1 saturated carbocycles. The lowest BCUT2D eigenvalue weighted by Crippen LogP contribution is -2.32. The summed E-state index contributed by atoms with van der Waals surface area (Å²) in [5, 5.41) is 13.8. The molecule has 1 heterocycles. The van der Waals surface area contributed by atoms with Crippen LogP contribution >= 0.6 is 23.2 Å². The maximum atomic E-state index is 12.6. The molecular formula is C25H27Cl2NO5. The highest BCUT2D eigenvalue weighted by Gasteiger charge is 2.41. The van der Waals surface area contributed by atoms with E-state index in [2.05, 4.69) is 5.32 Å². The monoisotopic (exact) mass is 491 g/mol. The van der Waals surface area contributed by atoms with Crippen LogP contribution in [-0.2, 0) is 9.53 Å². The highest BCUT2D eigenvalue weighted by molar-refractivity contribution is 6.36. The Bertz CT molecular complexity index is 995. The number of aliphatic hydroxyl groups is 1. The number of benzene rings is 2. The Kier molecular flexibility index (Phi) is 7.47. The van der Waals surface area contributed by atoms with Gasteiger partial charge in [0.2, 0.25) is 5.91 Å². The average Bonchev–Trinajstić information content (AvgIpc) is 3.22. The molecule has 0 radical (unpaired) electrons. The molecular weight excluding hydrogens is 465 g/mol. The molecule has 0 spiro atoms. The van der Waals surface area contributed by atoms with E-state index in [1.807, 2.05) is 0 Å². The molecule has 1 aliphatic carbocycles. The molecule has 2 atom stereocenters. The van der Waals surface area contributed by atoms with Crippen LogP contribution in [0.1, 0.15) is 53.9 Å². The molecule has 2 fully saturated rings. The van der Waals surface area contributed by atoms with Crippen molar-refractivity contribution in [2.24, 2.45) is 11.8 Å². The largest absolute Gasteiger partial charge is 0.465 e. The van der Waals surface area contributed by atoms with Gasteiger partial charge in [-0.3, -0.25) is 4.79 Å². The van der Waals surface area contributed by atoms with Crippen molar-refractivity contribution in [1.29, 1.82) is 0 Å². The number of hydrogen-bond donors (Lipinski definition) is 2. The van der Waals surface area contributed by atoms with Gasteiger partial charge >= 0.3 is 5.97 Å². The molecule has 0 bridgehead atoms. The van der Waals surface area contributed by atoms with E-state index in [1.165, 1.54) is 7.11 Å². The number of carbonyl (C=O) groups excluding carboxylic acids is 2. The number of aliphatic hydroxyl groups excluding tert-OH is 1. The third-order valence-electron chi connectivity index (χ3n) is 6.67. The van der Waals surface area contributed by atoms with Crippen molar-refractivity contribution in [3.8, 4) is 11.5 Å². The van der Waals surface area contributed by atoms with E-state index >= 15 is 0 Å². The Balaban J connectivity index is 1.61. The van der Waals surface area contributed by atoms with E-state index in [0.29, 0.717) is 46.5 Å². The fourth-order valence-electron chi connectivity index (χ4n) is 5.03. The summed E-state index contributed by atoms with van der Waals surface area (Å²) in [6.07, 6.45) is 3.54. The van der Waals surface area contributed by atoms with E-state index in [9.17, 15) is 14.7 Å². The zero-order chi connectivity index (χ0) is 23.5. The van der Waals surface area contributed by atoms with Gasteiger partial charge in [-0.1, -0.05) is 23.2 Å². The summed E-state index contributed by atoms with van der Waals surface area (Å²) in [6.45, 7) is 0.646. The summed E-state index contributed by atoms with van der Waals surface area (Å²) in [5.74, 6) is 0.503. The Labute approximate surface area is 203 Å². The van der Waals surface area contributed by atoms with E-state index < -0.39 is 5.97 Å². The van der Waals surface area contributed by atoms with Crippen LogP contribution in [0.2, 0.25) is 10.0 Å². The SMILES string of the molecule is COC(=O)c1ccc(Oc2cc(Cl)c(C(C3CCC(O)CC3)C3CCNC3=O)c(Cl)c2)cc1. The van der Waals surface area contributed by atoms with Crippen LogP contribution in [0.15, 0.2) is 36.4 Å². The molecule has 33 heavy (non-hydrogen) atoms. The third-order valence-corrected chi connectivity index (χ3v) is 7.30. The fourth-order valence-corrected chi connectivity index (χ4v) is 5.75. The first-order valence-electron chi connectivity index (χ1n) is 11.2. The standard InChI is InChI=1S/C25H27Cl2NO5/c1-32-25(31)15-4-8-17(9-5-15)33-18-12-20(26)23(21(27)13-18)22(19-10-11-28-24(19)30)14-2-6-16(29)7-3-14/h4-5,8-9,12-14,16,19,22,29H,2-3,6-7,10-11H2,1H3,(H,28,30). The molecule has 1 amide bonds. The molecule has 2 N–H and O–H groups in total. The minimum Gasteiger partial charge on any atom is -0.465 e. The lowest BCUT2D eigenvalue weighted by molar-refractivity contribution is -0.123. The smallest absolute Gasteiger partial charge is 0.337 e. The summed E-state index contributed by atoms with van der Waals surface area (Å²) in [5.41, 5.74) is 1.20. The van der Waals surface area contributed by atoms with Gasteiger partial charge in [-0.2, -0.15) is 0 Å². The van der Waals surface area contributed by atoms with Gasteiger partial charge in [-0.25, -0.2) is 4.79 Å². The first-order chi connectivity index (χ1) is 15.9. The molecule has 0 aromatic heterocycles. The number of ether oxygens (including phenoxy) is 2. The number of rotatable bonds is 6. The predicted molar refractivity (Wildman–Crippen MR) is 126 cm³/mol. The third kappa shape index (κ3) is 5.29. The number of nitrogens with one attached hydrogen (secondary N) is 1. The van der Waals surface area contributed by atoms with Crippen molar-refractivity contribution in [2.45, 2.75) is 44.1 Å². The van der Waals surface area contributed by atoms with Gasteiger partial charge in [0, 0.05) is 28.4 Å². The maximum absolute atomic E-state index is 12.6. The summed E-state index contributed by atoms with van der Waals surface area (Å²) >= 11 is 13.5. The van der Waals surface area contributed by atoms with Gasteiger partial charge < -0.3 is 19.9 Å². The number of amides is 1. The second kappa shape index (κ2) is 10.3. The van der Waals surface area contributed by atoms with Gasteiger partial charge in [-0.05, 0) is 80.0 Å². The summed E-state index contributed by atoms with van der Waals surface area (Å²) in [6, 6.07) is 10.0. The predicted octanol–water partition coefficient (Wildman–Crippen LogP) is 5.34. The Hall–Kier alpha value is -2.28. The van der Waals surface area contributed by atoms with Crippen LogP contribution in [0.5, 0.6) is 11.5 Å². The van der Waals surface area contributed by atoms with E-state index in [-0.39, 0.29) is 29.8 Å². The molecule has 2 aromatic rings. The zero-order valence-corrected chi connectivity index (χ0v) is 19.9. The fraction of sp³-hybridized carbons (Fsp3) is 0.440. The van der Waals surface area contributed by atoms with Crippen molar-refractivity contribution in [1.82, 2.24) is 5.32 Å². The quantitative estimate of drug-likeness (QED) is 0.532.